The monoisotopic (exact) mass is 388 g/mol. The van der Waals surface area contributed by atoms with Crippen LogP contribution in [0.2, 0.25) is 0 Å². The lowest BCUT2D eigenvalue weighted by molar-refractivity contribution is 0.414. The van der Waals surface area contributed by atoms with E-state index in [0.717, 1.165) is 23.3 Å². The Morgan fingerprint density at radius 1 is 1.25 bits per heavy atom. The van der Waals surface area contributed by atoms with Gasteiger partial charge in [0.25, 0.3) is 0 Å². The lowest BCUT2D eigenvalue weighted by atomic mass is 10.1. The summed E-state index contributed by atoms with van der Waals surface area (Å²) in [6, 6.07) is 10.0. The number of halogens is 2. The standard InChI is InChI=1S/C21H26F2N4O/c1-14-9-15(11-17(10-14)28-3)12-25-21(24-2)26-16-7-8-27(13-16)20-18(22)5-4-6-19(20)23/h4-6,9-11,16H,7-8,12-13H2,1-3H3,(H2,24,25,26). The fraction of sp³-hybridized carbons (Fsp3) is 0.381. The number of rotatable bonds is 5. The second kappa shape index (κ2) is 8.91. The van der Waals surface area contributed by atoms with Crippen molar-refractivity contribution >= 4 is 11.6 Å². The molecule has 0 amide bonds. The number of hydrogen-bond acceptors (Lipinski definition) is 3. The molecule has 3 rings (SSSR count). The molecule has 0 aliphatic carbocycles. The molecule has 5 nitrogen and oxygen atoms in total. The van der Waals surface area contributed by atoms with E-state index in [4.69, 9.17) is 4.74 Å². The number of ether oxygens (including phenoxy) is 1. The molecular formula is C21H26F2N4O. The Balaban J connectivity index is 1.58. The number of benzene rings is 2. The molecule has 1 aliphatic heterocycles. The maximum Gasteiger partial charge on any atom is 0.191 e. The molecule has 1 atom stereocenters. The van der Waals surface area contributed by atoms with E-state index in [1.165, 1.54) is 18.2 Å². The van der Waals surface area contributed by atoms with Crippen LogP contribution in [0.5, 0.6) is 5.75 Å². The van der Waals surface area contributed by atoms with E-state index in [0.29, 0.717) is 25.6 Å². The van der Waals surface area contributed by atoms with Gasteiger partial charge >= 0.3 is 0 Å². The Labute approximate surface area is 164 Å². The molecular weight excluding hydrogens is 362 g/mol. The van der Waals surface area contributed by atoms with E-state index in [1.807, 2.05) is 19.1 Å². The quantitative estimate of drug-likeness (QED) is 0.610. The zero-order chi connectivity index (χ0) is 20.1. The lowest BCUT2D eigenvalue weighted by Gasteiger charge is -2.21. The van der Waals surface area contributed by atoms with Gasteiger partial charge in [0.15, 0.2) is 5.96 Å². The predicted molar refractivity (Wildman–Crippen MR) is 108 cm³/mol. The topological polar surface area (TPSA) is 48.9 Å². The van der Waals surface area contributed by atoms with Crippen molar-refractivity contribution in [2.24, 2.45) is 4.99 Å². The van der Waals surface area contributed by atoms with Crippen LogP contribution in [0, 0.1) is 18.6 Å². The molecule has 2 aromatic rings. The van der Waals surface area contributed by atoms with Crippen molar-refractivity contribution in [3.05, 3.63) is 59.2 Å². The Bertz CT molecular complexity index is 836. The molecule has 1 aliphatic rings. The van der Waals surface area contributed by atoms with E-state index in [2.05, 4.69) is 21.7 Å². The average Bonchev–Trinajstić information content (AvgIpc) is 3.12. The van der Waals surface area contributed by atoms with Crippen molar-refractivity contribution in [1.29, 1.82) is 0 Å². The van der Waals surface area contributed by atoms with Gasteiger partial charge in [-0.25, -0.2) is 8.78 Å². The van der Waals surface area contributed by atoms with Gasteiger partial charge in [-0.05, 0) is 48.7 Å². The normalized spacial score (nSPS) is 17.0. The van der Waals surface area contributed by atoms with Crippen LogP contribution in [-0.2, 0) is 6.54 Å². The first-order valence-electron chi connectivity index (χ1n) is 9.31. The Kier molecular flexibility index (Phi) is 6.34. The van der Waals surface area contributed by atoms with Gasteiger partial charge in [-0.1, -0.05) is 12.1 Å². The predicted octanol–water partition coefficient (Wildman–Crippen LogP) is 3.23. The smallest absolute Gasteiger partial charge is 0.191 e. The first-order chi connectivity index (χ1) is 13.5. The Morgan fingerprint density at radius 3 is 2.68 bits per heavy atom. The zero-order valence-corrected chi connectivity index (χ0v) is 16.4. The summed E-state index contributed by atoms with van der Waals surface area (Å²) in [4.78, 5) is 6.00. The van der Waals surface area contributed by atoms with Crippen LogP contribution in [0.15, 0.2) is 41.4 Å². The van der Waals surface area contributed by atoms with Gasteiger partial charge in [-0.3, -0.25) is 4.99 Å². The molecule has 28 heavy (non-hydrogen) atoms. The van der Waals surface area contributed by atoms with Gasteiger partial charge < -0.3 is 20.3 Å². The van der Waals surface area contributed by atoms with Gasteiger partial charge in [0.05, 0.1) is 7.11 Å². The highest BCUT2D eigenvalue weighted by Gasteiger charge is 2.27. The molecule has 0 spiro atoms. The van der Waals surface area contributed by atoms with E-state index in [1.54, 1.807) is 19.1 Å². The number of nitrogens with one attached hydrogen (secondary N) is 2. The third-order valence-electron chi connectivity index (χ3n) is 4.81. The van der Waals surface area contributed by atoms with Crippen LogP contribution < -0.4 is 20.3 Å². The molecule has 0 radical (unpaired) electrons. The SMILES string of the molecule is CN=C(NCc1cc(C)cc(OC)c1)NC1CCN(c2c(F)cccc2F)C1. The third-order valence-corrected chi connectivity index (χ3v) is 4.81. The van der Waals surface area contributed by atoms with Crippen LogP contribution in [-0.4, -0.2) is 39.2 Å². The van der Waals surface area contributed by atoms with Crippen molar-refractivity contribution in [1.82, 2.24) is 10.6 Å². The summed E-state index contributed by atoms with van der Waals surface area (Å²) in [7, 11) is 3.35. The number of aryl methyl sites for hydroxylation is 1. The summed E-state index contributed by atoms with van der Waals surface area (Å²) in [5.74, 6) is 0.410. The summed E-state index contributed by atoms with van der Waals surface area (Å²) >= 11 is 0. The van der Waals surface area contributed by atoms with Crippen molar-refractivity contribution < 1.29 is 13.5 Å². The van der Waals surface area contributed by atoms with Gasteiger partial charge in [0, 0.05) is 32.7 Å². The largest absolute Gasteiger partial charge is 0.497 e. The van der Waals surface area contributed by atoms with Crippen molar-refractivity contribution in [3.63, 3.8) is 0 Å². The van der Waals surface area contributed by atoms with Crippen molar-refractivity contribution in [2.45, 2.75) is 25.9 Å². The van der Waals surface area contributed by atoms with E-state index in [9.17, 15) is 8.78 Å². The number of methoxy groups -OCH3 is 1. The summed E-state index contributed by atoms with van der Waals surface area (Å²) in [6.45, 7) is 3.71. The minimum atomic E-state index is -0.531. The molecule has 1 unspecified atom stereocenters. The third kappa shape index (κ3) is 4.71. The molecule has 1 saturated heterocycles. The van der Waals surface area contributed by atoms with Crippen molar-refractivity contribution in [2.75, 3.05) is 32.1 Å². The summed E-state index contributed by atoms with van der Waals surface area (Å²) in [5, 5.41) is 6.62. The van der Waals surface area contributed by atoms with E-state index >= 15 is 0 Å². The number of guanidine groups is 1. The molecule has 7 heteroatoms. The second-order valence-electron chi connectivity index (χ2n) is 6.93. The average molecular weight is 388 g/mol. The molecule has 0 aromatic heterocycles. The second-order valence-corrected chi connectivity index (χ2v) is 6.93. The molecule has 2 aromatic carbocycles. The van der Waals surface area contributed by atoms with Crippen molar-refractivity contribution in [3.8, 4) is 5.75 Å². The van der Waals surface area contributed by atoms with E-state index in [-0.39, 0.29) is 11.7 Å². The maximum absolute atomic E-state index is 14.0. The maximum atomic E-state index is 14.0. The Morgan fingerprint density at radius 2 is 2.00 bits per heavy atom. The van der Waals surface area contributed by atoms with Gasteiger partial charge in [-0.2, -0.15) is 0 Å². The number of hydrogen-bond donors (Lipinski definition) is 2. The van der Waals surface area contributed by atoms with Crippen LogP contribution >= 0.6 is 0 Å². The highest BCUT2D eigenvalue weighted by Crippen LogP contribution is 2.26. The molecule has 1 heterocycles. The number of anilines is 1. The molecule has 0 bridgehead atoms. The lowest BCUT2D eigenvalue weighted by Crippen LogP contribution is -2.44. The molecule has 150 valence electrons. The van der Waals surface area contributed by atoms with Crippen LogP contribution in [0.1, 0.15) is 17.5 Å². The van der Waals surface area contributed by atoms with Crippen LogP contribution in [0.3, 0.4) is 0 Å². The molecule has 1 fully saturated rings. The minimum Gasteiger partial charge on any atom is -0.497 e. The first kappa shape index (κ1) is 19.9. The number of nitrogens with zero attached hydrogens (tertiary/aromatic N) is 2. The first-order valence-corrected chi connectivity index (χ1v) is 9.31. The summed E-state index contributed by atoms with van der Waals surface area (Å²) in [6.07, 6.45) is 0.771. The van der Waals surface area contributed by atoms with Gasteiger partial charge in [0.1, 0.15) is 23.1 Å². The van der Waals surface area contributed by atoms with E-state index < -0.39 is 11.6 Å². The molecule has 2 N–H and O–H groups in total. The number of aliphatic imine (C=N–C) groups is 1. The number of para-hydroxylation sites is 1. The Hall–Kier alpha value is -2.83. The van der Waals surface area contributed by atoms with Gasteiger partial charge in [-0.15, -0.1) is 0 Å². The fourth-order valence-electron chi connectivity index (χ4n) is 3.49. The zero-order valence-electron chi connectivity index (χ0n) is 16.4. The fourth-order valence-corrected chi connectivity index (χ4v) is 3.49. The molecule has 0 saturated carbocycles. The van der Waals surface area contributed by atoms with Gasteiger partial charge in [0.2, 0.25) is 0 Å². The highest BCUT2D eigenvalue weighted by atomic mass is 19.1. The highest BCUT2D eigenvalue weighted by molar-refractivity contribution is 5.80. The summed E-state index contributed by atoms with van der Waals surface area (Å²) < 4.78 is 33.3. The van der Waals surface area contributed by atoms with Crippen LogP contribution in [0.25, 0.3) is 0 Å². The minimum absolute atomic E-state index is 0.0432. The van der Waals surface area contributed by atoms with Crippen LogP contribution in [0.4, 0.5) is 14.5 Å². The summed E-state index contributed by atoms with van der Waals surface area (Å²) in [5.41, 5.74) is 2.25.